The van der Waals surface area contributed by atoms with Crippen LogP contribution >= 0.6 is 0 Å². The van der Waals surface area contributed by atoms with Crippen molar-refractivity contribution >= 4 is 5.91 Å². The van der Waals surface area contributed by atoms with Gasteiger partial charge >= 0.3 is 12.1 Å². The third-order valence-electron chi connectivity index (χ3n) is 2.53. The lowest BCUT2D eigenvalue weighted by Gasteiger charge is -2.27. The van der Waals surface area contributed by atoms with E-state index in [2.05, 4.69) is 12.2 Å². The van der Waals surface area contributed by atoms with Gasteiger partial charge < -0.3 is 10.6 Å². The van der Waals surface area contributed by atoms with Crippen LogP contribution in [0, 0.1) is 5.92 Å². The Morgan fingerprint density at radius 1 is 1.47 bits per heavy atom. The van der Waals surface area contributed by atoms with Gasteiger partial charge in [0.05, 0.1) is 0 Å². The molecule has 3 nitrogen and oxygen atoms in total. The molecule has 2 atom stereocenters. The molecule has 1 saturated heterocycles. The van der Waals surface area contributed by atoms with E-state index in [0.29, 0.717) is 5.92 Å². The Morgan fingerprint density at radius 3 is 2.60 bits per heavy atom. The molecule has 0 aromatic carbocycles. The largest absolute Gasteiger partial charge is 0.471 e. The minimum Gasteiger partial charge on any atom is -0.347 e. The Bertz CT molecular complexity index is 222. The fourth-order valence-electron chi connectivity index (χ4n) is 1.55. The summed E-state index contributed by atoms with van der Waals surface area (Å²) < 4.78 is 35.5. The molecule has 0 aromatic rings. The van der Waals surface area contributed by atoms with E-state index in [1.165, 1.54) is 0 Å². The second-order valence-corrected chi connectivity index (χ2v) is 4.00. The van der Waals surface area contributed by atoms with Crippen LogP contribution < -0.4 is 10.6 Å². The maximum Gasteiger partial charge on any atom is 0.471 e. The summed E-state index contributed by atoms with van der Waals surface area (Å²) in [6.07, 6.45) is -2.99. The first-order valence-corrected chi connectivity index (χ1v) is 4.98. The van der Waals surface area contributed by atoms with Crippen LogP contribution in [0.4, 0.5) is 13.2 Å². The first-order valence-electron chi connectivity index (χ1n) is 4.98. The monoisotopic (exact) mass is 224 g/mol. The molecule has 0 spiro atoms. The molecule has 2 N–H and O–H groups in total. The minimum absolute atomic E-state index is 0.0347. The third-order valence-corrected chi connectivity index (χ3v) is 2.53. The van der Waals surface area contributed by atoms with Gasteiger partial charge in [0.1, 0.15) is 0 Å². The molecule has 88 valence electrons. The van der Waals surface area contributed by atoms with E-state index in [9.17, 15) is 18.0 Å². The van der Waals surface area contributed by atoms with Crippen LogP contribution in [-0.4, -0.2) is 31.2 Å². The highest BCUT2D eigenvalue weighted by molar-refractivity contribution is 5.81. The second-order valence-electron chi connectivity index (χ2n) is 4.00. The van der Waals surface area contributed by atoms with Crippen LogP contribution in [0.25, 0.3) is 0 Å². The van der Waals surface area contributed by atoms with E-state index in [1.807, 2.05) is 5.32 Å². The van der Waals surface area contributed by atoms with Crippen LogP contribution in [0.5, 0.6) is 0 Å². The molecular formula is C9H15F3N2O. The standard InChI is InChI=1S/C9H15F3N2O/c1-6-2-3-7(13-4-6)5-14-8(15)9(10,11)12/h6-7,13H,2-5H2,1H3,(H,14,15). The van der Waals surface area contributed by atoms with E-state index < -0.39 is 12.1 Å². The molecule has 1 aliphatic heterocycles. The van der Waals surface area contributed by atoms with Crippen molar-refractivity contribution in [1.82, 2.24) is 10.6 Å². The number of piperidine rings is 1. The van der Waals surface area contributed by atoms with Crippen molar-refractivity contribution in [3.05, 3.63) is 0 Å². The zero-order valence-corrected chi connectivity index (χ0v) is 8.53. The van der Waals surface area contributed by atoms with Crippen LogP contribution in [0.1, 0.15) is 19.8 Å². The van der Waals surface area contributed by atoms with Crippen molar-refractivity contribution in [3.8, 4) is 0 Å². The summed E-state index contributed by atoms with van der Waals surface area (Å²) in [5.41, 5.74) is 0. The van der Waals surface area contributed by atoms with Gasteiger partial charge in [-0.3, -0.25) is 4.79 Å². The number of nitrogens with one attached hydrogen (secondary N) is 2. The summed E-state index contributed by atoms with van der Waals surface area (Å²) in [4.78, 5) is 10.5. The van der Waals surface area contributed by atoms with Crippen LogP contribution in [0.15, 0.2) is 0 Å². The number of carbonyl (C=O) groups excluding carboxylic acids is 1. The average molecular weight is 224 g/mol. The van der Waals surface area contributed by atoms with Crippen LogP contribution in [0.2, 0.25) is 0 Å². The number of halogens is 3. The lowest BCUT2D eigenvalue weighted by atomic mass is 9.96. The SMILES string of the molecule is CC1CCC(CNC(=O)C(F)(F)F)NC1. The number of alkyl halides is 3. The van der Waals surface area contributed by atoms with Crippen molar-refractivity contribution < 1.29 is 18.0 Å². The van der Waals surface area contributed by atoms with Gasteiger partial charge in [0.2, 0.25) is 0 Å². The predicted molar refractivity (Wildman–Crippen MR) is 49.3 cm³/mol. The molecule has 1 rings (SSSR count). The molecular weight excluding hydrogens is 209 g/mol. The molecule has 0 bridgehead atoms. The summed E-state index contributed by atoms with van der Waals surface area (Å²) in [6.45, 7) is 2.93. The number of hydrogen-bond donors (Lipinski definition) is 2. The molecule has 0 aromatic heterocycles. The summed E-state index contributed by atoms with van der Waals surface area (Å²) >= 11 is 0. The van der Waals surface area contributed by atoms with Gasteiger partial charge in [0.25, 0.3) is 0 Å². The van der Waals surface area contributed by atoms with Gasteiger partial charge in [-0.05, 0) is 25.3 Å². The predicted octanol–water partition coefficient (Wildman–Crippen LogP) is 1.05. The molecule has 1 fully saturated rings. The van der Waals surface area contributed by atoms with Gasteiger partial charge in [0.15, 0.2) is 0 Å². The highest BCUT2D eigenvalue weighted by atomic mass is 19.4. The van der Waals surface area contributed by atoms with E-state index in [1.54, 1.807) is 0 Å². The quantitative estimate of drug-likeness (QED) is 0.736. The van der Waals surface area contributed by atoms with Gasteiger partial charge in [0, 0.05) is 12.6 Å². The number of amides is 1. The maximum atomic E-state index is 11.8. The third kappa shape index (κ3) is 4.07. The first kappa shape index (κ1) is 12.3. The molecule has 2 unspecified atom stereocenters. The topological polar surface area (TPSA) is 41.1 Å². The second kappa shape index (κ2) is 4.83. The van der Waals surface area contributed by atoms with Crippen LogP contribution in [-0.2, 0) is 4.79 Å². The summed E-state index contributed by atoms with van der Waals surface area (Å²) in [5, 5.41) is 4.97. The van der Waals surface area contributed by atoms with Gasteiger partial charge in [-0.2, -0.15) is 13.2 Å². The normalized spacial score (nSPS) is 27.5. The summed E-state index contributed by atoms with van der Waals surface area (Å²) in [5.74, 6) is -1.30. The lowest BCUT2D eigenvalue weighted by molar-refractivity contribution is -0.173. The van der Waals surface area contributed by atoms with E-state index in [4.69, 9.17) is 0 Å². The first-order chi connectivity index (χ1) is 6.89. The van der Waals surface area contributed by atoms with Crippen molar-refractivity contribution in [2.75, 3.05) is 13.1 Å². The Morgan fingerprint density at radius 2 is 2.13 bits per heavy atom. The maximum absolute atomic E-state index is 11.8. The van der Waals surface area contributed by atoms with Crippen molar-refractivity contribution in [3.63, 3.8) is 0 Å². The Balaban J connectivity index is 2.23. The molecule has 0 aliphatic carbocycles. The molecule has 15 heavy (non-hydrogen) atoms. The average Bonchev–Trinajstić information content (AvgIpc) is 2.15. The van der Waals surface area contributed by atoms with E-state index in [-0.39, 0.29) is 12.6 Å². The minimum atomic E-state index is -4.78. The highest BCUT2D eigenvalue weighted by Crippen LogP contribution is 2.15. The zero-order valence-electron chi connectivity index (χ0n) is 8.53. The van der Waals surface area contributed by atoms with Crippen LogP contribution in [0.3, 0.4) is 0 Å². The van der Waals surface area contributed by atoms with E-state index >= 15 is 0 Å². The fraction of sp³-hybridized carbons (Fsp3) is 0.889. The van der Waals surface area contributed by atoms with Crippen molar-refractivity contribution in [2.45, 2.75) is 32.0 Å². The van der Waals surface area contributed by atoms with Gasteiger partial charge in [-0.15, -0.1) is 0 Å². The fourth-order valence-corrected chi connectivity index (χ4v) is 1.55. The summed E-state index contributed by atoms with van der Waals surface area (Å²) in [7, 11) is 0. The molecule has 1 aliphatic rings. The number of rotatable bonds is 2. The molecule has 1 heterocycles. The Kier molecular flexibility index (Phi) is 3.96. The highest BCUT2D eigenvalue weighted by Gasteiger charge is 2.38. The zero-order chi connectivity index (χ0) is 11.5. The molecule has 0 radical (unpaired) electrons. The Labute approximate surface area is 86.4 Å². The molecule has 0 saturated carbocycles. The van der Waals surface area contributed by atoms with Crippen molar-refractivity contribution in [2.24, 2.45) is 5.92 Å². The lowest BCUT2D eigenvalue weighted by Crippen LogP contribution is -2.48. The smallest absolute Gasteiger partial charge is 0.347 e. The molecule has 6 heteroatoms. The van der Waals surface area contributed by atoms with E-state index in [0.717, 1.165) is 19.4 Å². The van der Waals surface area contributed by atoms with Gasteiger partial charge in [-0.1, -0.05) is 6.92 Å². The summed E-state index contributed by atoms with van der Waals surface area (Å²) in [6, 6.07) is -0.0347. The Hall–Kier alpha value is -0.780. The number of hydrogen-bond acceptors (Lipinski definition) is 2. The number of carbonyl (C=O) groups is 1. The van der Waals surface area contributed by atoms with Crippen molar-refractivity contribution in [1.29, 1.82) is 0 Å². The van der Waals surface area contributed by atoms with Gasteiger partial charge in [-0.25, -0.2) is 0 Å². The molecule has 1 amide bonds.